The Balaban J connectivity index is 2.24. The van der Waals surface area contributed by atoms with Crippen LogP contribution in [0.2, 0.25) is 0 Å². The molecular weight excluding hydrogens is 346 g/mol. The third kappa shape index (κ3) is 3.65. The number of nitrogens with one attached hydrogen (secondary N) is 2. The van der Waals surface area contributed by atoms with Crippen LogP contribution in [0.5, 0.6) is 0 Å². The van der Waals surface area contributed by atoms with Crippen LogP contribution in [0.25, 0.3) is 22.4 Å². The number of hydrogen-bond acceptors (Lipinski definition) is 6. The maximum absolute atomic E-state index is 12.6. The Hall–Kier alpha value is -2.90. The number of aryl methyl sites for hydroxylation is 1. The van der Waals surface area contributed by atoms with Gasteiger partial charge in [0.05, 0.1) is 23.7 Å². The molecule has 142 valence electrons. The fourth-order valence-corrected chi connectivity index (χ4v) is 3.01. The highest BCUT2D eigenvalue weighted by atomic mass is 16.3. The molecule has 7 nitrogen and oxygen atoms in total. The van der Waals surface area contributed by atoms with Gasteiger partial charge in [0.25, 0.3) is 5.91 Å². The van der Waals surface area contributed by atoms with Crippen molar-refractivity contribution >= 4 is 22.8 Å². The lowest BCUT2D eigenvalue weighted by molar-refractivity contribution is 0.0956. The van der Waals surface area contributed by atoms with Gasteiger partial charge in [-0.1, -0.05) is 29.8 Å². The van der Waals surface area contributed by atoms with Gasteiger partial charge in [-0.15, -0.1) is 0 Å². The second kappa shape index (κ2) is 7.77. The van der Waals surface area contributed by atoms with E-state index in [-0.39, 0.29) is 18.9 Å². The molecule has 1 unspecified atom stereocenters. The number of rotatable bonds is 6. The van der Waals surface area contributed by atoms with E-state index in [9.17, 15) is 9.90 Å². The molecule has 2 aromatic heterocycles. The van der Waals surface area contributed by atoms with Gasteiger partial charge >= 0.3 is 0 Å². The van der Waals surface area contributed by atoms with Crippen molar-refractivity contribution in [2.24, 2.45) is 0 Å². The van der Waals surface area contributed by atoms with Gasteiger partial charge in [0.2, 0.25) is 5.71 Å². The van der Waals surface area contributed by atoms with Gasteiger partial charge < -0.3 is 25.3 Å². The number of hydrogen-bond donors (Lipinski definition) is 4. The molecule has 0 aliphatic heterocycles. The third-order valence-corrected chi connectivity index (χ3v) is 4.43. The monoisotopic (exact) mass is 369 g/mol. The van der Waals surface area contributed by atoms with Crippen molar-refractivity contribution in [3.8, 4) is 11.3 Å². The van der Waals surface area contributed by atoms with Crippen molar-refractivity contribution in [1.82, 2.24) is 10.3 Å². The molecule has 0 saturated heterocycles. The topological polar surface area (TPSA) is 108 Å². The van der Waals surface area contributed by atoms with Crippen LogP contribution in [-0.4, -0.2) is 47.9 Å². The number of fused-ring (bicyclic) bond motifs is 1. The smallest absolute Gasteiger partial charge is 0.255 e. The summed E-state index contributed by atoms with van der Waals surface area (Å²) < 4.78 is 5.95. The van der Waals surface area contributed by atoms with E-state index in [1.807, 2.05) is 31.2 Å². The zero-order valence-electron chi connectivity index (χ0n) is 15.5. The van der Waals surface area contributed by atoms with Gasteiger partial charge in [-0.05, 0) is 18.6 Å². The number of nitrogens with zero attached hydrogens (tertiary/aromatic N) is 1. The molecule has 7 heteroatoms. The molecule has 4 N–H and O–H groups in total. The highest BCUT2D eigenvalue weighted by Crippen LogP contribution is 2.35. The normalized spacial score (nSPS) is 12.2. The SMILES string of the molecule is CNC(=O)c1c(-c2ccc(C)cc2)oc2nc(NC)c(CC(O)CO)cc12. The van der Waals surface area contributed by atoms with E-state index in [0.29, 0.717) is 33.8 Å². The minimum Gasteiger partial charge on any atom is -0.437 e. The zero-order valence-corrected chi connectivity index (χ0v) is 15.5. The molecule has 0 aliphatic carbocycles. The van der Waals surface area contributed by atoms with Crippen LogP contribution in [0.1, 0.15) is 21.5 Å². The quantitative estimate of drug-likeness (QED) is 0.530. The summed E-state index contributed by atoms with van der Waals surface area (Å²) >= 11 is 0. The maximum Gasteiger partial charge on any atom is 0.255 e. The van der Waals surface area contributed by atoms with E-state index in [1.165, 1.54) is 0 Å². The van der Waals surface area contributed by atoms with E-state index in [1.54, 1.807) is 20.2 Å². The van der Waals surface area contributed by atoms with Crippen LogP contribution in [0.4, 0.5) is 5.82 Å². The minimum atomic E-state index is -0.914. The summed E-state index contributed by atoms with van der Waals surface area (Å²) in [7, 11) is 3.28. The Morgan fingerprint density at radius 1 is 1.26 bits per heavy atom. The number of aliphatic hydroxyl groups excluding tert-OH is 2. The Bertz CT molecular complexity index is 964. The molecule has 3 rings (SSSR count). The number of amides is 1. The maximum atomic E-state index is 12.6. The molecular formula is C20H23N3O4. The number of anilines is 1. The number of benzene rings is 1. The Kier molecular flexibility index (Phi) is 5.43. The van der Waals surface area contributed by atoms with Gasteiger partial charge in [0.1, 0.15) is 11.6 Å². The summed E-state index contributed by atoms with van der Waals surface area (Å²) in [4.78, 5) is 17.1. The summed E-state index contributed by atoms with van der Waals surface area (Å²) in [5.74, 6) is 0.693. The van der Waals surface area contributed by atoms with E-state index in [0.717, 1.165) is 11.1 Å². The summed E-state index contributed by atoms with van der Waals surface area (Å²) in [5, 5.41) is 25.2. The fourth-order valence-electron chi connectivity index (χ4n) is 3.01. The molecule has 0 radical (unpaired) electrons. The van der Waals surface area contributed by atoms with Crippen molar-refractivity contribution in [3.63, 3.8) is 0 Å². The lowest BCUT2D eigenvalue weighted by Gasteiger charge is -2.11. The van der Waals surface area contributed by atoms with Crippen molar-refractivity contribution in [2.75, 3.05) is 26.0 Å². The molecule has 1 aromatic carbocycles. The Morgan fingerprint density at radius 3 is 2.56 bits per heavy atom. The molecule has 1 atom stereocenters. The standard InChI is InChI=1S/C20H23N3O4/c1-11-4-6-12(7-5-11)17-16(19(26)22-3)15-9-13(8-14(25)10-24)18(21-2)23-20(15)27-17/h4-7,9,14,24-25H,8,10H2,1-3H3,(H,21,23)(H,22,26). The average Bonchev–Trinajstić information content (AvgIpc) is 3.05. The molecule has 2 heterocycles. The van der Waals surface area contributed by atoms with Gasteiger partial charge in [-0.3, -0.25) is 4.79 Å². The molecule has 0 aliphatic rings. The fraction of sp³-hybridized carbons (Fsp3) is 0.300. The number of aliphatic hydroxyl groups is 2. The van der Waals surface area contributed by atoms with Crippen LogP contribution in [0, 0.1) is 6.92 Å². The molecule has 0 spiro atoms. The molecule has 3 aromatic rings. The summed E-state index contributed by atoms with van der Waals surface area (Å²) in [5.41, 5.74) is 3.29. The number of carbonyl (C=O) groups is 1. The zero-order chi connectivity index (χ0) is 19.6. The largest absolute Gasteiger partial charge is 0.437 e. The first kappa shape index (κ1) is 18.9. The highest BCUT2D eigenvalue weighted by molar-refractivity contribution is 6.10. The van der Waals surface area contributed by atoms with Crippen LogP contribution >= 0.6 is 0 Å². The summed E-state index contributed by atoms with van der Waals surface area (Å²) in [6, 6.07) is 9.47. The van der Waals surface area contributed by atoms with Crippen LogP contribution in [0.15, 0.2) is 34.7 Å². The second-order valence-electron chi connectivity index (χ2n) is 6.39. The Morgan fingerprint density at radius 2 is 1.96 bits per heavy atom. The lowest BCUT2D eigenvalue weighted by atomic mass is 10.0. The van der Waals surface area contributed by atoms with Crippen molar-refractivity contribution in [2.45, 2.75) is 19.4 Å². The van der Waals surface area contributed by atoms with Gasteiger partial charge in [0, 0.05) is 26.1 Å². The molecule has 27 heavy (non-hydrogen) atoms. The van der Waals surface area contributed by atoms with Crippen LogP contribution < -0.4 is 10.6 Å². The number of aromatic nitrogens is 1. The second-order valence-corrected chi connectivity index (χ2v) is 6.39. The number of pyridine rings is 1. The van der Waals surface area contributed by atoms with Crippen LogP contribution in [-0.2, 0) is 6.42 Å². The minimum absolute atomic E-state index is 0.202. The highest BCUT2D eigenvalue weighted by Gasteiger charge is 2.24. The van der Waals surface area contributed by atoms with Crippen molar-refractivity contribution < 1.29 is 19.4 Å². The predicted octanol–water partition coefficient (Wildman–Crippen LogP) is 2.10. The lowest BCUT2D eigenvalue weighted by Crippen LogP contribution is -2.19. The molecule has 0 saturated carbocycles. The van der Waals surface area contributed by atoms with E-state index in [4.69, 9.17) is 9.52 Å². The molecule has 0 bridgehead atoms. The van der Waals surface area contributed by atoms with Crippen LogP contribution in [0.3, 0.4) is 0 Å². The van der Waals surface area contributed by atoms with E-state index >= 15 is 0 Å². The summed E-state index contributed by atoms with van der Waals surface area (Å²) in [6.07, 6.45) is -0.711. The summed E-state index contributed by atoms with van der Waals surface area (Å²) in [6.45, 7) is 1.63. The third-order valence-electron chi connectivity index (χ3n) is 4.43. The van der Waals surface area contributed by atoms with Crippen molar-refractivity contribution in [3.05, 3.63) is 47.0 Å². The first-order valence-corrected chi connectivity index (χ1v) is 8.70. The Labute approximate surface area is 157 Å². The van der Waals surface area contributed by atoms with E-state index < -0.39 is 6.10 Å². The first-order valence-electron chi connectivity index (χ1n) is 8.70. The average molecular weight is 369 g/mol. The van der Waals surface area contributed by atoms with Gasteiger partial charge in [-0.25, -0.2) is 0 Å². The van der Waals surface area contributed by atoms with Crippen molar-refractivity contribution in [1.29, 1.82) is 0 Å². The number of carbonyl (C=O) groups excluding carboxylic acids is 1. The predicted molar refractivity (Wildman–Crippen MR) is 104 cm³/mol. The van der Waals surface area contributed by atoms with E-state index in [2.05, 4.69) is 15.6 Å². The number of furan rings is 1. The molecule has 0 fully saturated rings. The van der Waals surface area contributed by atoms with Gasteiger partial charge in [0.15, 0.2) is 0 Å². The van der Waals surface area contributed by atoms with Gasteiger partial charge in [-0.2, -0.15) is 4.98 Å². The molecule has 1 amide bonds. The first-order chi connectivity index (χ1) is 13.0.